The molecular weight excluding hydrogens is 475 g/mol. The Hall–Kier alpha value is -2.99. The monoisotopic (exact) mass is 496 g/mol. The maximum absolute atomic E-state index is 13.4. The fourth-order valence-corrected chi connectivity index (χ4v) is 5.23. The number of ether oxygens (including phenoxy) is 1. The van der Waals surface area contributed by atoms with Crippen molar-refractivity contribution in [3.8, 4) is 16.2 Å². The number of rotatable bonds is 7. The summed E-state index contributed by atoms with van der Waals surface area (Å²) >= 11 is 13.9. The first-order valence-electron chi connectivity index (χ1n) is 10.3. The lowest BCUT2D eigenvalue weighted by Crippen LogP contribution is -2.15. The van der Waals surface area contributed by atoms with E-state index in [0.29, 0.717) is 33.6 Å². The second kappa shape index (κ2) is 10.3. The van der Waals surface area contributed by atoms with Crippen molar-refractivity contribution in [1.82, 2.24) is 0 Å². The van der Waals surface area contributed by atoms with E-state index in [1.54, 1.807) is 30.6 Å². The molecule has 1 amide bonds. The molecule has 33 heavy (non-hydrogen) atoms. The van der Waals surface area contributed by atoms with Crippen LogP contribution in [-0.4, -0.2) is 13.0 Å². The van der Waals surface area contributed by atoms with Crippen LogP contribution in [0.3, 0.4) is 0 Å². The van der Waals surface area contributed by atoms with Gasteiger partial charge in [0.25, 0.3) is 5.91 Å². The number of para-hydroxylation sites is 2. The fraction of sp³-hybridized carbons (Fsp3) is 0.115. The van der Waals surface area contributed by atoms with E-state index in [2.05, 4.69) is 10.6 Å². The van der Waals surface area contributed by atoms with Gasteiger partial charge >= 0.3 is 0 Å². The molecule has 0 spiro atoms. The van der Waals surface area contributed by atoms with Crippen LogP contribution in [0.4, 0.5) is 10.7 Å². The van der Waals surface area contributed by atoms with Gasteiger partial charge in [0, 0.05) is 21.5 Å². The Morgan fingerprint density at radius 3 is 2.45 bits per heavy atom. The molecule has 0 saturated carbocycles. The molecule has 0 radical (unpaired) electrons. The number of methoxy groups -OCH3 is 1. The summed E-state index contributed by atoms with van der Waals surface area (Å²) in [4.78, 5) is 14.5. The lowest BCUT2D eigenvalue weighted by molar-refractivity contribution is 0.102. The van der Waals surface area contributed by atoms with E-state index >= 15 is 0 Å². The number of halogens is 2. The topological polar surface area (TPSA) is 50.4 Å². The van der Waals surface area contributed by atoms with Crippen LogP contribution in [0.1, 0.15) is 21.5 Å². The quantitative estimate of drug-likeness (QED) is 0.273. The van der Waals surface area contributed by atoms with E-state index in [-0.39, 0.29) is 5.91 Å². The minimum atomic E-state index is -0.208. The Morgan fingerprint density at radius 1 is 1.00 bits per heavy atom. The van der Waals surface area contributed by atoms with Gasteiger partial charge in [-0.25, -0.2) is 0 Å². The van der Waals surface area contributed by atoms with Gasteiger partial charge in [-0.05, 0) is 47.9 Å². The number of anilines is 2. The van der Waals surface area contributed by atoms with Gasteiger partial charge in [-0.3, -0.25) is 4.79 Å². The summed E-state index contributed by atoms with van der Waals surface area (Å²) in [5, 5.41) is 8.34. The van der Waals surface area contributed by atoms with Gasteiger partial charge in [0.2, 0.25) is 0 Å². The Kier molecular flexibility index (Phi) is 7.23. The molecule has 0 unspecified atom stereocenters. The van der Waals surface area contributed by atoms with Crippen LogP contribution in [0.15, 0.2) is 72.8 Å². The maximum atomic E-state index is 13.4. The normalized spacial score (nSPS) is 10.7. The fourth-order valence-electron chi connectivity index (χ4n) is 3.55. The summed E-state index contributed by atoms with van der Waals surface area (Å²) in [6, 6.07) is 22.8. The first-order chi connectivity index (χ1) is 16.0. The van der Waals surface area contributed by atoms with Crippen LogP contribution in [0.2, 0.25) is 10.0 Å². The highest BCUT2D eigenvalue weighted by atomic mass is 35.5. The summed E-state index contributed by atoms with van der Waals surface area (Å²) in [7, 11) is 1.58. The maximum Gasteiger partial charge on any atom is 0.259 e. The van der Waals surface area contributed by atoms with E-state index in [9.17, 15) is 4.79 Å². The molecule has 0 aliphatic carbocycles. The van der Waals surface area contributed by atoms with Gasteiger partial charge in [0.1, 0.15) is 10.8 Å². The summed E-state index contributed by atoms with van der Waals surface area (Å²) in [6.45, 7) is 2.43. The third-order valence-corrected chi connectivity index (χ3v) is 7.11. The zero-order valence-corrected chi connectivity index (χ0v) is 20.4. The van der Waals surface area contributed by atoms with Crippen molar-refractivity contribution in [2.75, 3.05) is 17.7 Å². The molecule has 0 fully saturated rings. The second-order valence-electron chi connectivity index (χ2n) is 7.37. The van der Waals surface area contributed by atoms with Crippen molar-refractivity contribution in [3.63, 3.8) is 0 Å². The number of hydrogen-bond donors (Lipinski definition) is 2. The summed E-state index contributed by atoms with van der Waals surface area (Å²) in [6.07, 6.45) is 0. The van der Waals surface area contributed by atoms with Gasteiger partial charge in [-0.15, -0.1) is 11.3 Å². The smallest absolute Gasteiger partial charge is 0.259 e. The van der Waals surface area contributed by atoms with E-state index in [0.717, 1.165) is 26.6 Å². The molecule has 4 rings (SSSR count). The Labute approximate surface area is 207 Å². The summed E-state index contributed by atoms with van der Waals surface area (Å²) in [5.41, 5.74) is 4.06. The van der Waals surface area contributed by atoms with Crippen LogP contribution in [0.25, 0.3) is 10.4 Å². The number of thiophene rings is 1. The molecule has 1 heterocycles. The Balaban J connectivity index is 1.70. The second-order valence-corrected chi connectivity index (χ2v) is 9.23. The predicted octanol–water partition coefficient (Wildman–Crippen LogP) is 7.90. The van der Waals surface area contributed by atoms with Gasteiger partial charge < -0.3 is 15.4 Å². The number of nitrogens with one attached hydrogen (secondary N) is 2. The van der Waals surface area contributed by atoms with Crippen LogP contribution < -0.4 is 15.4 Å². The van der Waals surface area contributed by atoms with Crippen molar-refractivity contribution in [3.05, 3.63) is 99.5 Å². The molecular formula is C26H22Cl2N2O2S. The van der Waals surface area contributed by atoms with Crippen LogP contribution in [0, 0.1) is 6.92 Å². The first kappa shape index (κ1) is 23.2. The van der Waals surface area contributed by atoms with Crippen LogP contribution in [0.5, 0.6) is 5.75 Å². The third kappa shape index (κ3) is 5.17. The highest BCUT2D eigenvalue weighted by molar-refractivity contribution is 7.20. The zero-order valence-electron chi connectivity index (χ0n) is 18.1. The largest absolute Gasteiger partial charge is 0.495 e. The van der Waals surface area contributed by atoms with Gasteiger partial charge in [-0.2, -0.15) is 0 Å². The lowest BCUT2D eigenvalue weighted by Gasteiger charge is -2.12. The number of hydrogen-bond acceptors (Lipinski definition) is 4. The minimum absolute atomic E-state index is 0.208. The summed E-state index contributed by atoms with van der Waals surface area (Å²) < 4.78 is 5.39. The van der Waals surface area contributed by atoms with E-state index < -0.39 is 0 Å². The predicted molar refractivity (Wildman–Crippen MR) is 139 cm³/mol. The Morgan fingerprint density at radius 2 is 1.73 bits per heavy atom. The van der Waals surface area contributed by atoms with Crippen molar-refractivity contribution < 1.29 is 9.53 Å². The Bertz CT molecular complexity index is 1290. The average Bonchev–Trinajstić information content (AvgIpc) is 3.15. The van der Waals surface area contributed by atoms with E-state index in [1.165, 1.54) is 0 Å². The van der Waals surface area contributed by atoms with Crippen LogP contribution >= 0.6 is 34.5 Å². The van der Waals surface area contributed by atoms with Gasteiger partial charge in [-0.1, -0.05) is 71.7 Å². The van der Waals surface area contributed by atoms with Crippen LogP contribution in [-0.2, 0) is 6.54 Å². The van der Waals surface area contributed by atoms with E-state index in [4.69, 9.17) is 27.9 Å². The van der Waals surface area contributed by atoms with E-state index in [1.807, 2.05) is 67.6 Å². The molecule has 168 valence electrons. The van der Waals surface area contributed by atoms with Crippen molar-refractivity contribution in [1.29, 1.82) is 0 Å². The molecule has 3 aromatic carbocycles. The average molecular weight is 497 g/mol. The molecule has 0 bridgehead atoms. The molecule has 0 saturated heterocycles. The molecule has 2 N–H and O–H groups in total. The van der Waals surface area contributed by atoms with Gasteiger partial charge in [0.05, 0.1) is 18.4 Å². The number of carbonyl (C=O) groups is 1. The lowest BCUT2D eigenvalue weighted by atomic mass is 10.1. The zero-order chi connectivity index (χ0) is 23.4. The van der Waals surface area contributed by atoms with Crippen molar-refractivity contribution in [2.24, 2.45) is 0 Å². The molecule has 0 atom stereocenters. The number of benzene rings is 3. The first-order valence-corrected chi connectivity index (χ1v) is 11.9. The van der Waals surface area contributed by atoms with Crippen molar-refractivity contribution in [2.45, 2.75) is 13.5 Å². The van der Waals surface area contributed by atoms with Gasteiger partial charge in [0.15, 0.2) is 0 Å². The third-order valence-electron chi connectivity index (χ3n) is 5.22. The van der Waals surface area contributed by atoms with Crippen molar-refractivity contribution >= 4 is 51.1 Å². The highest BCUT2D eigenvalue weighted by Crippen LogP contribution is 2.41. The number of carbonyl (C=O) groups excluding carboxylic acids is 1. The molecule has 0 aliphatic heterocycles. The molecule has 4 aromatic rings. The number of amides is 1. The molecule has 4 nitrogen and oxygen atoms in total. The summed E-state index contributed by atoms with van der Waals surface area (Å²) in [5.74, 6) is 0.393. The minimum Gasteiger partial charge on any atom is -0.495 e. The molecule has 7 heteroatoms. The highest BCUT2D eigenvalue weighted by Gasteiger charge is 2.23. The molecule has 0 aliphatic rings. The molecule has 1 aromatic heterocycles. The standard InChI is InChI=1S/C26H22Cl2N2O2S/c1-16-23(25(31)30-21-10-6-7-11-22(21)32-2)26(33-24(16)17-8-4-3-5-9-17)29-15-18-12-13-19(27)14-20(18)28/h3-14,29H,15H2,1-2H3,(H,30,31). The SMILES string of the molecule is COc1ccccc1NC(=O)c1c(NCc2ccc(Cl)cc2Cl)sc(-c2ccccc2)c1C.